The maximum Gasteiger partial charge on any atom is 0.315 e. The lowest BCUT2D eigenvalue weighted by Gasteiger charge is -2.10. The van der Waals surface area contributed by atoms with Gasteiger partial charge < -0.3 is 9.73 Å². The van der Waals surface area contributed by atoms with E-state index in [4.69, 9.17) is 4.42 Å². The van der Waals surface area contributed by atoms with E-state index < -0.39 is 0 Å². The molecule has 0 aliphatic rings. The number of aromatic amines is 1. The smallest absolute Gasteiger partial charge is 0.315 e. The monoisotopic (exact) mass is 297 g/mol. The molecule has 1 aromatic carbocycles. The summed E-state index contributed by atoms with van der Waals surface area (Å²) in [4.78, 5) is 0. The van der Waals surface area contributed by atoms with Gasteiger partial charge in [-0.25, -0.2) is 0 Å². The first-order valence-corrected chi connectivity index (χ1v) is 7.39. The third-order valence-corrected chi connectivity index (χ3v) is 3.71. The molecule has 0 unspecified atom stereocenters. The molecule has 0 amide bonds. The van der Waals surface area contributed by atoms with E-state index in [2.05, 4.69) is 44.8 Å². The second kappa shape index (κ2) is 6.43. The maximum atomic E-state index is 5.77. The van der Waals surface area contributed by atoms with Gasteiger partial charge in [0, 0.05) is 17.8 Å². The highest BCUT2D eigenvalue weighted by Gasteiger charge is 2.18. The molecule has 2 aromatic heterocycles. The zero-order valence-corrected chi connectivity index (χ0v) is 12.7. The number of nitrogens with zero attached hydrogens (tertiary/aromatic N) is 3. The maximum absolute atomic E-state index is 5.77. The summed E-state index contributed by atoms with van der Waals surface area (Å²) >= 11 is 0. The molecule has 3 rings (SSSR count). The molecule has 0 radical (unpaired) electrons. The fourth-order valence-corrected chi connectivity index (χ4v) is 2.41. The average Bonchev–Trinajstić information content (AvgIpc) is 3.16. The number of hydrogen-bond acceptors (Lipinski definition) is 5. The second-order valence-corrected chi connectivity index (χ2v) is 5.19. The van der Waals surface area contributed by atoms with Gasteiger partial charge in [0.05, 0.1) is 12.1 Å². The molecule has 3 aromatic rings. The quantitative estimate of drug-likeness (QED) is 0.730. The number of benzene rings is 1. The van der Waals surface area contributed by atoms with Gasteiger partial charge in [0.25, 0.3) is 0 Å². The van der Waals surface area contributed by atoms with E-state index in [1.165, 1.54) is 5.56 Å². The van der Waals surface area contributed by atoms with Gasteiger partial charge in [0.2, 0.25) is 5.89 Å². The zero-order chi connectivity index (χ0) is 15.4. The predicted molar refractivity (Wildman–Crippen MR) is 83.5 cm³/mol. The van der Waals surface area contributed by atoms with E-state index in [0.717, 1.165) is 17.7 Å². The number of nitrogens with one attached hydrogen (secondary N) is 2. The Hall–Kier alpha value is -2.63. The third kappa shape index (κ3) is 3.00. The van der Waals surface area contributed by atoms with Gasteiger partial charge >= 0.3 is 6.01 Å². The number of aryl methyl sites for hydroxylation is 1. The minimum atomic E-state index is 0.125. The van der Waals surface area contributed by atoms with Crippen LogP contribution >= 0.6 is 0 Å². The molecule has 0 bridgehead atoms. The summed E-state index contributed by atoms with van der Waals surface area (Å²) in [5.74, 6) is 0.764. The Kier molecular flexibility index (Phi) is 4.18. The molecule has 0 aliphatic carbocycles. The van der Waals surface area contributed by atoms with Crippen LogP contribution in [0, 0.1) is 6.92 Å². The Balaban J connectivity index is 1.71. The lowest BCUT2D eigenvalue weighted by molar-refractivity contribution is 0.473. The average molecular weight is 297 g/mol. The van der Waals surface area contributed by atoms with Crippen molar-refractivity contribution in [2.75, 3.05) is 5.32 Å². The molecule has 22 heavy (non-hydrogen) atoms. The fourth-order valence-electron chi connectivity index (χ4n) is 2.41. The predicted octanol–water partition coefficient (Wildman–Crippen LogP) is 3.26. The topological polar surface area (TPSA) is 79.6 Å². The first kappa shape index (κ1) is 14.3. The van der Waals surface area contributed by atoms with Crippen molar-refractivity contribution in [3.63, 3.8) is 0 Å². The molecule has 1 atom stereocenters. The van der Waals surface area contributed by atoms with Gasteiger partial charge in [-0.3, -0.25) is 5.10 Å². The molecule has 0 fully saturated rings. The summed E-state index contributed by atoms with van der Waals surface area (Å²) in [6, 6.07) is 10.7. The fraction of sp³-hybridized carbons (Fsp3) is 0.312. The van der Waals surface area contributed by atoms with E-state index in [-0.39, 0.29) is 5.92 Å². The summed E-state index contributed by atoms with van der Waals surface area (Å²) < 4.78 is 5.77. The highest BCUT2D eigenvalue weighted by Crippen LogP contribution is 2.27. The van der Waals surface area contributed by atoms with Crippen molar-refractivity contribution >= 4 is 6.01 Å². The van der Waals surface area contributed by atoms with E-state index in [0.29, 0.717) is 18.5 Å². The van der Waals surface area contributed by atoms with Crippen molar-refractivity contribution < 1.29 is 4.42 Å². The van der Waals surface area contributed by atoms with Crippen molar-refractivity contribution in [1.29, 1.82) is 0 Å². The molecule has 0 spiro atoms. The van der Waals surface area contributed by atoms with Crippen molar-refractivity contribution in [2.24, 2.45) is 0 Å². The summed E-state index contributed by atoms with van der Waals surface area (Å²) in [5.41, 5.74) is 3.30. The molecule has 0 saturated heterocycles. The highest BCUT2D eigenvalue weighted by molar-refractivity contribution is 5.27. The zero-order valence-electron chi connectivity index (χ0n) is 12.7. The Morgan fingerprint density at radius 3 is 2.73 bits per heavy atom. The molecule has 6 heteroatoms. The van der Waals surface area contributed by atoms with Crippen molar-refractivity contribution in [3.8, 4) is 0 Å². The molecule has 2 N–H and O–H groups in total. The molecule has 2 heterocycles. The largest absolute Gasteiger partial charge is 0.407 e. The molecular weight excluding hydrogens is 278 g/mol. The first-order chi connectivity index (χ1) is 10.8. The number of hydrogen-bond donors (Lipinski definition) is 2. The Labute approximate surface area is 129 Å². The van der Waals surface area contributed by atoms with Gasteiger partial charge in [-0.05, 0) is 18.9 Å². The molecule has 6 nitrogen and oxygen atoms in total. The summed E-state index contributed by atoms with van der Waals surface area (Å²) in [6.45, 7) is 4.70. The van der Waals surface area contributed by atoms with Crippen LogP contribution in [0.2, 0.25) is 0 Å². The number of H-pyrrole nitrogens is 1. The second-order valence-electron chi connectivity index (χ2n) is 5.19. The van der Waals surface area contributed by atoms with E-state index in [1.54, 1.807) is 6.20 Å². The van der Waals surface area contributed by atoms with Crippen LogP contribution in [0.3, 0.4) is 0 Å². The van der Waals surface area contributed by atoms with Gasteiger partial charge in [-0.1, -0.05) is 42.4 Å². The molecule has 0 saturated carbocycles. The number of aromatic nitrogens is 4. The van der Waals surface area contributed by atoms with Crippen molar-refractivity contribution in [1.82, 2.24) is 20.4 Å². The van der Waals surface area contributed by atoms with Crippen LogP contribution in [0.4, 0.5) is 6.01 Å². The number of anilines is 1. The summed E-state index contributed by atoms with van der Waals surface area (Å²) in [5, 5.41) is 18.3. The van der Waals surface area contributed by atoms with E-state index in [1.807, 2.05) is 25.1 Å². The Bertz CT molecular complexity index is 719. The van der Waals surface area contributed by atoms with Crippen LogP contribution in [0.15, 0.2) is 40.9 Å². The SMILES string of the molecule is CC[C@H](c1ccccc1)c1nnc(NCc2cn[nH]c2C)o1. The van der Waals surface area contributed by atoms with Crippen LogP contribution in [0.1, 0.15) is 42.0 Å². The van der Waals surface area contributed by atoms with Crippen molar-refractivity contribution in [2.45, 2.75) is 32.7 Å². The Morgan fingerprint density at radius 1 is 1.23 bits per heavy atom. The van der Waals surface area contributed by atoms with Crippen LogP contribution in [-0.2, 0) is 6.54 Å². The van der Waals surface area contributed by atoms with Gasteiger partial charge in [-0.2, -0.15) is 5.10 Å². The summed E-state index contributed by atoms with van der Waals surface area (Å²) in [7, 11) is 0. The lowest BCUT2D eigenvalue weighted by atomic mass is 9.97. The van der Waals surface area contributed by atoms with Crippen molar-refractivity contribution in [3.05, 3.63) is 59.2 Å². The Morgan fingerprint density at radius 2 is 2.05 bits per heavy atom. The van der Waals surface area contributed by atoms with Crippen LogP contribution < -0.4 is 5.32 Å². The standard InChI is InChI=1S/C16H19N5O/c1-3-14(12-7-5-4-6-8-12)15-20-21-16(22-15)17-9-13-10-18-19-11(13)2/h4-8,10,14H,3,9H2,1-2H3,(H,17,21)(H,18,19)/t14-/m1/s1. The summed E-state index contributed by atoms with van der Waals surface area (Å²) in [6.07, 6.45) is 2.70. The highest BCUT2D eigenvalue weighted by atomic mass is 16.4. The lowest BCUT2D eigenvalue weighted by Crippen LogP contribution is -2.00. The molecule has 114 valence electrons. The van der Waals surface area contributed by atoms with Gasteiger partial charge in [0.1, 0.15) is 0 Å². The van der Waals surface area contributed by atoms with Crippen LogP contribution in [-0.4, -0.2) is 20.4 Å². The van der Waals surface area contributed by atoms with Gasteiger partial charge in [0.15, 0.2) is 0 Å². The van der Waals surface area contributed by atoms with Gasteiger partial charge in [-0.15, -0.1) is 5.10 Å². The number of rotatable bonds is 6. The van der Waals surface area contributed by atoms with Crippen LogP contribution in [0.5, 0.6) is 0 Å². The molecule has 0 aliphatic heterocycles. The molecular formula is C16H19N5O. The normalized spacial score (nSPS) is 12.3. The van der Waals surface area contributed by atoms with E-state index in [9.17, 15) is 0 Å². The third-order valence-electron chi connectivity index (χ3n) is 3.71. The first-order valence-electron chi connectivity index (χ1n) is 7.39. The minimum Gasteiger partial charge on any atom is -0.407 e. The van der Waals surface area contributed by atoms with Crippen LogP contribution in [0.25, 0.3) is 0 Å². The van der Waals surface area contributed by atoms with E-state index >= 15 is 0 Å². The minimum absolute atomic E-state index is 0.125.